The van der Waals surface area contributed by atoms with Crippen LogP contribution in [0.25, 0.3) is 0 Å². The standard InChI is InChI=1S/C24H27NO3S2/c26-30(27,28)25-24(19-11-4-12-20-24)29(21-13-5-1-6-14-21,22-15-7-2-8-16-22)23-17-9-3-10-18-23/h1-3,5-10,13-18,25H,4,11-12,19-20H2,(H,26,27,28). The van der Waals surface area contributed by atoms with Gasteiger partial charge in [-0.05, 0) is 63.9 Å². The molecule has 3 aromatic rings. The molecule has 2 N–H and O–H groups in total. The molecule has 30 heavy (non-hydrogen) atoms. The molecule has 4 nitrogen and oxygen atoms in total. The Morgan fingerprint density at radius 3 is 1.33 bits per heavy atom. The van der Waals surface area contributed by atoms with E-state index < -0.39 is 25.2 Å². The number of hydrogen-bond acceptors (Lipinski definition) is 2. The maximum Gasteiger partial charge on any atom is 0.334 e. The molecule has 0 heterocycles. The minimum absolute atomic E-state index is 0.667. The Balaban J connectivity index is 2.13. The first-order valence-electron chi connectivity index (χ1n) is 10.2. The summed E-state index contributed by atoms with van der Waals surface area (Å²) in [7, 11) is -6.50. The predicted octanol–water partition coefficient (Wildman–Crippen LogP) is 6.02. The molecule has 1 aliphatic rings. The summed E-state index contributed by atoms with van der Waals surface area (Å²) in [5.41, 5.74) is 0. The molecule has 0 spiro atoms. The lowest BCUT2D eigenvalue weighted by Gasteiger charge is -2.57. The zero-order valence-electron chi connectivity index (χ0n) is 16.8. The van der Waals surface area contributed by atoms with Crippen LogP contribution in [0.4, 0.5) is 0 Å². The minimum Gasteiger partial charge on any atom is -0.273 e. The SMILES string of the molecule is O=S(=O)(O)NC1(S(c2ccccc2)(c2ccccc2)c2ccccc2)CCCCC1. The molecule has 0 bridgehead atoms. The molecular formula is C24H27NO3S2. The molecule has 1 saturated carbocycles. The number of benzene rings is 3. The van der Waals surface area contributed by atoms with Gasteiger partial charge in [-0.3, -0.25) is 4.55 Å². The summed E-state index contributed by atoms with van der Waals surface area (Å²) in [6.07, 6.45) is 4.21. The van der Waals surface area contributed by atoms with Crippen molar-refractivity contribution in [2.75, 3.05) is 0 Å². The van der Waals surface area contributed by atoms with Crippen molar-refractivity contribution in [3.05, 3.63) is 91.0 Å². The predicted molar refractivity (Wildman–Crippen MR) is 122 cm³/mol. The summed E-state index contributed by atoms with van der Waals surface area (Å²) in [5, 5.41) is 0. The molecular weight excluding hydrogens is 414 g/mol. The Morgan fingerprint density at radius 1 is 0.633 bits per heavy atom. The van der Waals surface area contributed by atoms with E-state index in [-0.39, 0.29) is 0 Å². The summed E-state index contributed by atoms with van der Waals surface area (Å²) < 4.78 is 37.4. The molecule has 0 aromatic heterocycles. The van der Waals surface area contributed by atoms with Crippen molar-refractivity contribution in [1.82, 2.24) is 4.72 Å². The average Bonchev–Trinajstić information content (AvgIpc) is 2.76. The van der Waals surface area contributed by atoms with Crippen molar-refractivity contribution >= 4 is 20.3 Å². The quantitative estimate of drug-likeness (QED) is 0.460. The van der Waals surface area contributed by atoms with Gasteiger partial charge in [0.2, 0.25) is 0 Å². The van der Waals surface area contributed by atoms with E-state index in [0.717, 1.165) is 33.9 Å². The van der Waals surface area contributed by atoms with E-state index in [2.05, 4.69) is 41.1 Å². The molecule has 1 fully saturated rings. The van der Waals surface area contributed by atoms with Crippen molar-refractivity contribution in [3.8, 4) is 0 Å². The lowest BCUT2D eigenvalue weighted by molar-refractivity contribution is 0.353. The summed E-state index contributed by atoms with van der Waals surface area (Å²) in [5.74, 6) is 0. The highest BCUT2D eigenvalue weighted by molar-refractivity contribution is 8.35. The molecule has 4 rings (SSSR count). The van der Waals surface area contributed by atoms with Gasteiger partial charge in [-0.25, -0.2) is 0 Å². The second-order valence-corrected chi connectivity index (χ2v) is 12.3. The van der Waals surface area contributed by atoms with Gasteiger partial charge in [-0.1, -0.05) is 73.9 Å². The minimum atomic E-state index is -4.42. The van der Waals surface area contributed by atoms with Gasteiger partial charge in [-0.15, -0.1) is 10.0 Å². The van der Waals surface area contributed by atoms with E-state index in [1.165, 1.54) is 0 Å². The third-order valence-electron chi connectivity index (χ3n) is 5.85. The van der Waals surface area contributed by atoms with Crippen molar-refractivity contribution in [2.24, 2.45) is 0 Å². The van der Waals surface area contributed by atoms with Gasteiger partial charge < -0.3 is 0 Å². The molecule has 0 unspecified atom stereocenters. The maximum absolute atomic E-state index is 12.3. The van der Waals surface area contributed by atoms with Gasteiger partial charge in [-0.2, -0.15) is 13.1 Å². The third-order valence-corrected chi connectivity index (χ3v) is 11.3. The average molecular weight is 442 g/mol. The van der Waals surface area contributed by atoms with E-state index >= 15 is 0 Å². The van der Waals surface area contributed by atoms with Crippen molar-refractivity contribution in [1.29, 1.82) is 0 Å². The molecule has 0 radical (unpaired) electrons. The highest BCUT2D eigenvalue weighted by Gasteiger charge is 2.52. The zero-order chi connectivity index (χ0) is 21.1. The van der Waals surface area contributed by atoms with Crippen LogP contribution in [0.5, 0.6) is 0 Å². The number of hydrogen-bond donors (Lipinski definition) is 2. The highest BCUT2D eigenvalue weighted by Crippen LogP contribution is 2.77. The lowest BCUT2D eigenvalue weighted by Crippen LogP contribution is -2.53. The molecule has 6 heteroatoms. The fraction of sp³-hybridized carbons (Fsp3) is 0.250. The smallest absolute Gasteiger partial charge is 0.273 e. The first kappa shape index (κ1) is 21.1. The fourth-order valence-electron chi connectivity index (χ4n) is 4.79. The molecule has 3 aromatic carbocycles. The molecule has 1 aliphatic carbocycles. The van der Waals surface area contributed by atoms with Crippen LogP contribution in [0.1, 0.15) is 32.1 Å². The van der Waals surface area contributed by atoms with E-state index in [1.54, 1.807) is 0 Å². The third kappa shape index (κ3) is 3.81. The number of nitrogens with one attached hydrogen (secondary N) is 1. The van der Waals surface area contributed by atoms with Crippen LogP contribution in [0.2, 0.25) is 0 Å². The van der Waals surface area contributed by atoms with E-state index in [9.17, 15) is 13.0 Å². The fourth-order valence-corrected chi connectivity index (χ4v) is 11.0. The van der Waals surface area contributed by atoms with Crippen LogP contribution >= 0.6 is 10.0 Å². The van der Waals surface area contributed by atoms with Gasteiger partial charge >= 0.3 is 10.3 Å². The molecule has 0 saturated heterocycles. The van der Waals surface area contributed by atoms with Gasteiger partial charge in [0.1, 0.15) is 0 Å². The summed E-state index contributed by atoms with van der Waals surface area (Å²) >= 11 is 0. The first-order valence-corrected chi connectivity index (χ1v) is 13.3. The Morgan fingerprint density at radius 2 is 1.00 bits per heavy atom. The van der Waals surface area contributed by atoms with Crippen molar-refractivity contribution in [3.63, 3.8) is 0 Å². The van der Waals surface area contributed by atoms with Gasteiger partial charge in [0.05, 0.1) is 4.87 Å². The highest BCUT2D eigenvalue weighted by atomic mass is 32.3. The van der Waals surface area contributed by atoms with Crippen LogP contribution < -0.4 is 4.72 Å². The maximum atomic E-state index is 12.3. The van der Waals surface area contributed by atoms with Crippen molar-refractivity contribution < 1.29 is 13.0 Å². The first-order chi connectivity index (χ1) is 14.5. The summed E-state index contributed by atoms with van der Waals surface area (Å²) in [4.78, 5) is 2.43. The van der Waals surface area contributed by atoms with Gasteiger partial charge in [0, 0.05) is 0 Å². The Hall–Kier alpha value is -2.12. The summed E-state index contributed by atoms with van der Waals surface area (Å²) in [6.45, 7) is 0. The Bertz CT molecular complexity index is 969. The monoisotopic (exact) mass is 441 g/mol. The van der Waals surface area contributed by atoms with Crippen LogP contribution in [-0.2, 0) is 10.3 Å². The van der Waals surface area contributed by atoms with Crippen LogP contribution in [0.3, 0.4) is 0 Å². The van der Waals surface area contributed by atoms with E-state index in [0.29, 0.717) is 12.8 Å². The largest absolute Gasteiger partial charge is 0.334 e. The van der Waals surface area contributed by atoms with Gasteiger partial charge in [0.25, 0.3) is 0 Å². The van der Waals surface area contributed by atoms with Crippen LogP contribution in [0, 0.1) is 0 Å². The normalized spacial score (nSPS) is 17.4. The van der Waals surface area contributed by atoms with E-state index in [1.807, 2.05) is 54.6 Å². The molecule has 0 atom stereocenters. The Labute approximate surface area is 180 Å². The molecule has 0 amide bonds. The van der Waals surface area contributed by atoms with Gasteiger partial charge in [0.15, 0.2) is 0 Å². The van der Waals surface area contributed by atoms with Crippen LogP contribution in [0.15, 0.2) is 106 Å². The number of rotatable bonds is 6. The summed E-state index contributed by atoms with van der Waals surface area (Å²) in [6, 6.07) is 30.5. The molecule has 0 aliphatic heterocycles. The lowest BCUT2D eigenvalue weighted by atomic mass is 9.95. The topological polar surface area (TPSA) is 66.4 Å². The second kappa shape index (κ2) is 8.55. The second-order valence-electron chi connectivity index (χ2n) is 7.68. The zero-order valence-corrected chi connectivity index (χ0v) is 18.4. The molecule has 158 valence electrons. The van der Waals surface area contributed by atoms with Crippen LogP contribution in [-0.4, -0.2) is 17.8 Å². The van der Waals surface area contributed by atoms with Crippen molar-refractivity contribution in [2.45, 2.75) is 51.7 Å². The Kier molecular flexibility index (Phi) is 6.02. The van der Waals surface area contributed by atoms with E-state index in [4.69, 9.17) is 0 Å².